The summed E-state index contributed by atoms with van der Waals surface area (Å²) in [7, 11) is 2.00. The number of imidazole rings is 1. The Balaban J connectivity index is 1.72. The van der Waals surface area contributed by atoms with Crippen molar-refractivity contribution in [1.82, 2.24) is 15.3 Å². The van der Waals surface area contributed by atoms with E-state index in [4.69, 9.17) is 4.98 Å². The van der Waals surface area contributed by atoms with E-state index in [1.165, 1.54) is 49.9 Å². The van der Waals surface area contributed by atoms with Crippen molar-refractivity contribution < 1.29 is 0 Å². The number of nitrogens with one attached hydrogen (secondary N) is 2. The molecular formula is C17H27N3. The monoisotopic (exact) mass is 273 g/mol. The summed E-state index contributed by atoms with van der Waals surface area (Å²) in [5, 5.41) is 3.23. The van der Waals surface area contributed by atoms with Gasteiger partial charge in [0.15, 0.2) is 0 Å². The fourth-order valence-electron chi connectivity index (χ4n) is 5.81. The van der Waals surface area contributed by atoms with Crippen LogP contribution < -0.4 is 5.32 Å². The van der Waals surface area contributed by atoms with Gasteiger partial charge >= 0.3 is 0 Å². The quantitative estimate of drug-likeness (QED) is 0.884. The maximum Gasteiger partial charge on any atom is 0.120 e. The van der Waals surface area contributed by atoms with E-state index in [9.17, 15) is 0 Å². The first kappa shape index (κ1) is 12.9. The Kier molecular flexibility index (Phi) is 2.95. The molecule has 0 spiro atoms. The lowest BCUT2D eigenvalue weighted by Gasteiger charge is -2.56. The lowest BCUT2D eigenvalue weighted by atomic mass is 9.48. The van der Waals surface area contributed by atoms with Gasteiger partial charge in [-0.1, -0.05) is 6.92 Å². The Bertz CT molecular complexity index is 467. The molecule has 0 saturated heterocycles. The molecular weight excluding hydrogens is 246 g/mol. The van der Waals surface area contributed by atoms with Crippen molar-refractivity contribution in [2.24, 2.45) is 17.8 Å². The van der Waals surface area contributed by atoms with Crippen molar-refractivity contribution in [3.05, 3.63) is 17.2 Å². The molecule has 4 fully saturated rings. The molecule has 4 aliphatic rings. The average Bonchev–Trinajstić information content (AvgIpc) is 2.81. The number of aromatic nitrogens is 2. The van der Waals surface area contributed by atoms with Gasteiger partial charge in [0, 0.05) is 11.1 Å². The Hall–Kier alpha value is -0.830. The van der Waals surface area contributed by atoms with Gasteiger partial charge in [0.25, 0.3) is 0 Å². The minimum absolute atomic E-state index is 0.433. The molecule has 1 aromatic heterocycles. The molecule has 1 heterocycles. The number of rotatable bonds is 4. The molecule has 4 aliphatic carbocycles. The first-order chi connectivity index (χ1) is 9.72. The third-order valence-corrected chi connectivity index (χ3v) is 6.07. The van der Waals surface area contributed by atoms with Crippen molar-refractivity contribution in [2.75, 3.05) is 7.05 Å². The molecule has 4 bridgehead atoms. The maximum atomic E-state index is 5.04. The summed E-state index contributed by atoms with van der Waals surface area (Å²) in [6.45, 7) is 3.13. The van der Waals surface area contributed by atoms with Crippen molar-refractivity contribution in [2.45, 2.75) is 63.8 Å². The number of hydrogen-bond acceptors (Lipinski definition) is 2. The standard InChI is InChI=1S/C17H27N3/c1-3-14-16(20-15(19-14)10-18-2)17-7-11-4-12(8-17)6-13(5-11)9-17/h11-13,18H,3-10H2,1-2H3,(H,19,20). The van der Waals surface area contributed by atoms with Crippen LogP contribution in [0.3, 0.4) is 0 Å². The van der Waals surface area contributed by atoms with E-state index in [-0.39, 0.29) is 0 Å². The summed E-state index contributed by atoms with van der Waals surface area (Å²) in [6, 6.07) is 0. The molecule has 3 nitrogen and oxygen atoms in total. The second-order valence-corrected chi connectivity index (χ2v) is 7.59. The number of nitrogens with zero attached hydrogens (tertiary/aromatic N) is 1. The van der Waals surface area contributed by atoms with Crippen LogP contribution >= 0.6 is 0 Å². The molecule has 110 valence electrons. The van der Waals surface area contributed by atoms with E-state index >= 15 is 0 Å². The summed E-state index contributed by atoms with van der Waals surface area (Å²) < 4.78 is 0. The van der Waals surface area contributed by atoms with Crippen molar-refractivity contribution in [3.8, 4) is 0 Å². The first-order valence-corrected chi connectivity index (χ1v) is 8.45. The van der Waals surface area contributed by atoms with E-state index < -0.39 is 0 Å². The fraction of sp³-hybridized carbons (Fsp3) is 0.824. The lowest BCUT2D eigenvalue weighted by Crippen LogP contribution is -2.49. The van der Waals surface area contributed by atoms with Crippen molar-refractivity contribution in [1.29, 1.82) is 0 Å². The molecule has 5 rings (SSSR count). The minimum Gasteiger partial charge on any atom is -0.345 e. The number of hydrogen-bond donors (Lipinski definition) is 2. The maximum absolute atomic E-state index is 5.04. The zero-order valence-electron chi connectivity index (χ0n) is 12.8. The number of aromatic amines is 1. The Morgan fingerprint density at radius 1 is 1.15 bits per heavy atom. The molecule has 0 atom stereocenters. The topological polar surface area (TPSA) is 40.7 Å². The van der Waals surface area contributed by atoms with Gasteiger partial charge in [0.05, 0.1) is 12.2 Å². The lowest BCUT2D eigenvalue weighted by molar-refractivity contribution is -0.00746. The summed E-state index contributed by atoms with van der Waals surface area (Å²) in [6.07, 6.45) is 9.85. The van der Waals surface area contributed by atoms with Gasteiger partial charge in [-0.3, -0.25) is 0 Å². The van der Waals surface area contributed by atoms with Gasteiger partial charge < -0.3 is 10.3 Å². The SMILES string of the molecule is CCc1[nH]c(CNC)nc1C12CC3CC(CC(C3)C1)C2. The average molecular weight is 273 g/mol. The highest BCUT2D eigenvalue weighted by atomic mass is 15.0. The zero-order chi connectivity index (χ0) is 13.7. The summed E-state index contributed by atoms with van der Waals surface area (Å²) in [5.41, 5.74) is 3.30. The van der Waals surface area contributed by atoms with Crippen molar-refractivity contribution in [3.63, 3.8) is 0 Å². The highest BCUT2D eigenvalue weighted by Gasteiger charge is 2.53. The molecule has 4 saturated carbocycles. The summed E-state index contributed by atoms with van der Waals surface area (Å²) in [5.74, 6) is 4.12. The first-order valence-electron chi connectivity index (χ1n) is 8.45. The molecule has 20 heavy (non-hydrogen) atoms. The number of H-pyrrole nitrogens is 1. The smallest absolute Gasteiger partial charge is 0.120 e. The van der Waals surface area contributed by atoms with Crippen LogP contribution in [0.1, 0.15) is 62.7 Å². The van der Waals surface area contributed by atoms with Gasteiger partial charge in [0.1, 0.15) is 5.82 Å². The van der Waals surface area contributed by atoms with Gasteiger partial charge in [-0.25, -0.2) is 4.98 Å². The predicted octanol–water partition coefficient (Wildman–Crippen LogP) is 3.16. The van der Waals surface area contributed by atoms with E-state index in [0.29, 0.717) is 5.41 Å². The molecule has 0 amide bonds. The Morgan fingerprint density at radius 3 is 2.25 bits per heavy atom. The van der Waals surface area contributed by atoms with Crippen LogP contribution in [0.4, 0.5) is 0 Å². The van der Waals surface area contributed by atoms with Crippen LogP contribution in [0, 0.1) is 17.8 Å². The Morgan fingerprint density at radius 2 is 1.75 bits per heavy atom. The van der Waals surface area contributed by atoms with Crippen LogP contribution in [0.25, 0.3) is 0 Å². The van der Waals surface area contributed by atoms with Crippen LogP contribution in [0.2, 0.25) is 0 Å². The predicted molar refractivity (Wildman–Crippen MR) is 80.6 cm³/mol. The van der Waals surface area contributed by atoms with Crippen LogP contribution in [-0.4, -0.2) is 17.0 Å². The third kappa shape index (κ3) is 1.86. The van der Waals surface area contributed by atoms with Crippen molar-refractivity contribution >= 4 is 0 Å². The van der Waals surface area contributed by atoms with Crippen LogP contribution in [-0.2, 0) is 18.4 Å². The van der Waals surface area contributed by atoms with Gasteiger partial charge in [-0.15, -0.1) is 0 Å². The zero-order valence-corrected chi connectivity index (χ0v) is 12.8. The highest BCUT2D eigenvalue weighted by molar-refractivity contribution is 5.29. The number of aryl methyl sites for hydroxylation is 1. The highest BCUT2D eigenvalue weighted by Crippen LogP contribution is 2.60. The molecule has 0 aromatic carbocycles. The largest absolute Gasteiger partial charge is 0.345 e. The van der Waals surface area contributed by atoms with Gasteiger partial charge in [0.2, 0.25) is 0 Å². The van der Waals surface area contributed by atoms with E-state index in [2.05, 4.69) is 17.2 Å². The van der Waals surface area contributed by atoms with Crippen LogP contribution in [0.5, 0.6) is 0 Å². The molecule has 1 aromatic rings. The fourth-order valence-corrected chi connectivity index (χ4v) is 5.81. The molecule has 0 radical (unpaired) electrons. The van der Waals surface area contributed by atoms with E-state index in [1.54, 1.807) is 0 Å². The van der Waals surface area contributed by atoms with Gasteiger partial charge in [-0.05, 0) is 69.7 Å². The molecule has 2 N–H and O–H groups in total. The molecule has 3 heteroatoms. The molecule has 0 unspecified atom stereocenters. The second-order valence-electron chi connectivity index (χ2n) is 7.59. The summed E-state index contributed by atoms with van der Waals surface area (Å²) >= 11 is 0. The van der Waals surface area contributed by atoms with E-state index in [1.807, 2.05) is 7.05 Å². The third-order valence-electron chi connectivity index (χ3n) is 6.07. The van der Waals surface area contributed by atoms with Crippen LogP contribution in [0.15, 0.2) is 0 Å². The normalized spacial score (nSPS) is 38.6. The molecule has 0 aliphatic heterocycles. The summed E-state index contributed by atoms with van der Waals surface area (Å²) in [4.78, 5) is 8.63. The second kappa shape index (κ2) is 4.59. The minimum atomic E-state index is 0.433. The van der Waals surface area contributed by atoms with Gasteiger partial charge in [-0.2, -0.15) is 0 Å². The Labute approximate surface area is 122 Å². The van der Waals surface area contributed by atoms with E-state index in [0.717, 1.165) is 36.5 Å².